The minimum atomic E-state index is -0.264. The van der Waals surface area contributed by atoms with Crippen molar-refractivity contribution in [1.82, 2.24) is 25.9 Å². The van der Waals surface area contributed by atoms with Gasteiger partial charge in [0.15, 0.2) is 5.82 Å². The topological polar surface area (TPSA) is 119 Å². The van der Waals surface area contributed by atoms with E-state index in [2.05, 4.69) is 25.9 Å². The van der Waals surface area contributed by atoms with Crippen LogP contribution >= 0.6 is 0 Å². The van der Waals surface area contributed by atoms with Gasteiger partial charge in [-0.2, -0.15) is 5.21 Å². The van der Waals surface area contributed by atoms with Gasteiger partial charge in [-0.05, 0) is 25.1 Å². The molecule has 8 nitrogen and oxygen atoms in total. The Kier molecular flexibility index (Phi) is 3.91. The van der Waals surface area contributed by atoms with Gasteiger partial charge in [0.05, 0.1) is 18.8 Å². The number of nitrogens with two attached hydrogens (primary N) is 1. The maximum absolute atomic E-state index is 11.9. The number of anilines is 1. The summed E-state index contributed by atoms with van der Waals surface area (Å²) in [6.45, 7) is 2.58. The highest BCUT2D eigenvalue weighted by Gasteiger charge is 2.09. The summed E-state index contributed by atoms with van der Waals surface area (Å²) in [5, 5.41) is 15.8. The van der Waals surface area contributed by atoms with Crippen LogP contribution in [0.15, 0.2) is 18.2 Å². The molecule has 2 aromatic rings. The van der Waals surface area contributed by atoms with Crippen LogP contribution in [0.3, 0.4) is 0 Å². The first-order valence-electron chi connectivity index (χ1n) is 5.73. The van der Waals surface area contributed by atoms with Crippen molar-refractivity contribution in [2.45, 2.75) is 13.5 Å². The van der Waals surface area contributed by atoms with Gasteiger partial charge in [-0.3, -0.25) is 4.79 Å². The molecule has 0 unspecified atom stereocenters. The van der Waals surface area contributed by atoms with Gasteiger partial charge in [-0.15, -0.1) is 10.2 Å². The minimum Gasteiger partial charge on any atom is -0.492 e. The van der Waals surface area contributed by atoms with E-state index in [1.807, 2.05) is 6.92 Å². The van der Waals surface area contributed by atoms with Crippen LogP contribution in [0.5, 0.6) is 5.75 Å². The van der Waals surface area contributed by atoms with Crippen molar-refractivity contribution in [2.75, 3.05) is 12.3 Å². The molecule has 0 bridgehead atoms. The third-order valence-electron chi connectivity index (χ3n) is 2.37. The fourth-order valence-electron chi connectivity index (χ4n) is 1.50. The van der Waals surface area contributed by atoms with Crippen molar-refractivity contribution < 1.29 is 9.53 Å². The van der Waals surface area contributed by atoms with Crippen molar-refractivity contribution in [3.05, 3.63) is 29.6 Å². The van der Waals surface area contributed by atoms with Crippen molar-refractivity contribution in [1.29, 1.82) is 0 Å². The van der Waals surface area contributed by atoms with E-state index in [9.17, 15) is 4.79 Å². The summed E-state index contributed by atoms with van der Waals surface area (Å²) in [7, 11) is 0. The molecule has 100 valence electrons. The third kappa shape index (κ3) is 3.18. The number of H-pyrrole nitrogens is 1. The molecule has 1 aromatic carbocycles. The van der Waals surface area contributed by atoms with Crippen molar-refractivity contribution in [2.24, 2.45) is 0 Å². The van der Waals surface area contributed by atoms with E-state index in [1.165, 1.54) is 0 Å². The zero-order valence-corrected chi connectivity index (χ0v) is 10.4. The van der Waals surface area contributed by atoms with E-state index in [4.69, 9.17) is 10.5 Å². The fourth-order valence-corrected chi connectivity index (χ4v) is 1.50. The summed E-state index contributed by atoms with van der Waals surface area (Å²) in [5.74, 6) is 0.712. The van der Waals surface area contributed by atoms with Gasteiger partial charge in [0.1, 0.15) is 5.75 Å². The number of nitrogens with one attached hydrogen (secondary N) is 2. The Morgan fingerprint density at radius 1 is 1.53 bits per heavy atom. The third-order valence-corrected chi connectivity index (χ3v) is 2.37. The molecular weight excluding hydrogens is 248 g/mol. The summed E-state index contributed by atoms with van der Waals surface area (Å²) in [6.07, 6.45) is 0. The van der Waals surface area contributed by atoms with Gasteiger partial charge in [-0.25, -0.2) is 0 Å². The lowest BCUT2D eigenvalue weighted by atomic mass is 10.1. The number of carbonyl (C=O) groups is 1. The van der Waals surface area contributed by atoms with Crippen LogP contribution in [0, 0.1) is 0 Å². The molecule has 0 saturated heterocycles. The molecule has 1 heterocycles. The highest BCUT2D eigenvalue weighted by atomic mass is 16.5. The van der Waals surface area contributed by atoms with Gasteiger partial charge in [0.2, 0.25) is 0 Å². The van der Waals surface area contributed by atoms with Crippen LogP contribution in [0.2, 0.25) is 0 Å². The fraction of sp³-hybridized carbons (Fsp3) is 0.273. The van der Waals surface area contributed by atoms with Crippen LogP contribution in [0.25, 0.3) is 0 Å². The molecule has 4 N–H and O–H groups in total. The number of rotatable bonds is 5. The molecule has 1 aromatic heterocycles. The Balaban J connectivity index is 2.01. The number of ether oxygens (including phenoxy) is 1. The van der Waals surface area contributed by atoms with Crippen LogP contribution in [-0.2, 0) is 6.54 Å². The van der Waals surface area contributed by atoms with Crippen molar-refractivity contribution >= 4 is 11.6 Å². The lowest BCUT2D eigenvalue weighted by Gasteiger charge is -2.08. The monoisotopic (exact) mass is 262 g/mol. The normalized spacial score (nSPS) is 10.2. The number of amides is 1. The Labute approximate surface area is 109 Å². The molecule has 19 heavy (non-hydrogen) atoms. The van der Waals surface area contributed by atoms with E-state index in [0.29, 0.717) is 29.4 Å². The Bertz CT molecular complexity index is 554. The first-order chi connectivity index (χ1) is 9.20. The maximum Gasteiger partial charge on any atom is 0.251 e. The number of aromatic nitrogens is 4. The maximum atomic E-state index is 11.9. The summed E-state index contributed by atoms with van der Waals surface area (Å²) < 4.78 is 5.30. The Morgan fingerprint density at radius 3 is 3.00 bits per heavy atom. The van der Waals surface area contributed by atoms with E-state index >= 15 is 0 Å². The number of nitrogens with zero attached hydrogens (tertiary/aromatic N) is 3. The van der Waals surface area contributed by atoms with Crippen molar-refractivity contribution in [3.63, 3.8) is 0 Å². The first-order valence-corrected chi connectivity index (χ1v) is 5.73. The lowest BCUT2D eigenvalue weighted by molar-refractivity contribution is 0.0950. The lowest BCUT2D eigenvalue weighted by Crippen LogP contribution is -2.23. The molecule has 0 spiro atoms. The predicted molar refractivity (Wildman–Crippen MR) is 67.4 cm³/mol. The van der Waals surface area contributed by atoms with E-state index in [0.717, 1.165) is 0 Å². The molecule has 1 amide bonds. The Morgan fingerprint density at radius 2 is 2.37 bits per heavy atom. The molecule has 2 rings (SSSR count). The molecular formula is C11H14N6O2. The molecule has 0 radical (unpaired) electrons. The van der Waals surface area contributed by atoms with Gasteiger partial charge in [-0.1, -0.05) is 5.21 Å². The second-order valence-electron chi connectivity index (χ2n) is 3.70. The number of benzene rings is 1. The summed E-state index contributed by atoms with van der Waals surface area (Å²) in [4.78, 5) is 11.9. The first kappa shape index (κ1) is 12.8. The number of tetrazole rings is 1. The van der Waals surface area contributed by atoms with Gasteiger partial charge in [0, 0.05) is 5.56 Å². The van der Waals surface area contributed by atoms with Gasteiger partial charge in [0.25, 0.3) is 5.91 Å². The molecule has 0 aliphatic heterocycles. The average molecular weight is 262 g/mol. The SMILES string of the molecule is CCOc1ccc(C(=O)NCc2nn[nH]n2)cc1N. The highest BCUT2D eigenvalue weighted by molar-refractivity contribution is 5.95. The molecule has 8 heteroatoms. The molecule has 0 fully saturated rings. The zero-order valence-electron chi connectivity index (χ0n) is 10.4. The summed E-state index contributed by atoms with van der Waals surface area (Å²) in [5.41, 5.74) is 6.66. The molecule has 0 saturated carbocycles. The van der Waals surface area contributed by atoms with Crippen molar-refractivity contribution in [3.8, 4) is 5.75 Å². The smallest absolute Gasteiger partial charge is 0.251 e. The largest absolute Gasteiger partial charge is 0.492 e. The summed E-state index contributed by atoms with van der Waals surface area (Å²) >= 11 is 0. The molecule has 0 atom stereocenters. The van der Waals surface area contributed by atoms with Crippen LogP contribution in [0.1, 0.15) is 23.1 Å². The average Bonchev–Trinajstić information content (AvgIpc) is 2.91. The second-order valence-corrected chi connectivity index (χ2v) is 3.70. The standard InChI is InChI=1S/C11H14N6O2/c1-2-19-9-4-3-7(5-8(9)12)11(18)13-6-10-14-16-17-15-10/h3-5H,2,6,12H2,1H3,(H,13,18)(H,14,15,16,17). The van der Waals surface area contributed by atoms with E-state index < -0.39 is 0 Å². The minimum absolute atomic E-state index is 0.197. The van der Waals surface area contributed by atoms with Gasteiger partial charge >= 0.3 is 0 Å². The Hall–Kier alpha value is -2.64. The number of hydrogen-bond donors (Lipinski definition) is 3. The zero-order chi connectivity index (χ0) is 13.7. The van der Waals surface area contributed by atoms with Crippen LogP contribution in [-0.4, -0.2) is 33.1 Å². The quantitative estimate of drug-likeness (QED) is 0.658. The number of nitrogen functional groups attached to an aromatic ring is 1. The molecule has 0 aliphatic rings. The van der Waals surface area contributed by atoms with Gasteiger partial charge < -0.3 is 15.8 Å². The highest BCUT2D eigenvalue weighted by Crippen LogP contribution is 2.22. The second kappa shape index (κ2) is 5.80. The number of carbonyl (C=O) groups excluding carboxylic acids is 1. The van der Waals surface area contributed by atoms with Crippen LogP contribution < -0.4 is 15.8 Å². The number of hydrogen-bond acceptors (Lipinski definition) is 6. The number of aromatic amines is 1. The van der Waals surface area contributed by atoms with E-state index in [-0.39, 0.29) is 12.5 Å². The summed E-state index contributed by atoms with van der Waals surface area (Å²) in [6, 6.07) is 4.88. The van der Waals surface area contributed by atoms with Crippen LogP contribution in [0.4, 0.5) is 5.69 Å². The molecule has 0 aliphatic carbocycles. The van der Waals surface area contributed by atoms with E-state index in [1.54, 1.807) is 18.2 Å². The predicted octanol–water partition coefficient (Wildman–Crippen LogP) is 0.111.